The molecular formula is C40H37F3N10O2S. The van der Waals surface area contributed by atoms with Gasteiger partial charge in [0.15, 0.2) is 16.3 Å². The first-order chi connectivity index (χ1) is 27.1. The molecule has 0 radical (unpaired) electrons. The van der Waals surface area contributed by atoms with Crippen molar-refractivity contribution in [2.75, 3.05) is 76.3 Å². The Bertz CT molecular complexity index is 2810. The molecule has 0 amide bonds. The fraction of sp³-hybridized carbons (Fsp3) is 0.325. The summed E-state index contributed by atoms with van der Waals surface area (Å²) in [6.07, 6.45) is 5.25. The van der Waals surface area contributed by atoms with Gasteiger partial charge in [-0.3, -0.25) is 9.59 Å². The molecule has 6 heterocycles. The highest BCUT2D eigenvalue weighted by atomic mass is 32.1. The summed E-state index contributed by atoms with van der Waals surface area (Å²) in [6, 6.07) is 12.1. The second-order valence-electron chi connectivity index (χ2n) is 15.1. The fourth-order valence-electron chi connectivity index (χ4n) is 7.95. The van der Waals surface area contributed by atoms with Gasteiger partial charge in [0.25, 0.3) is 0 Å². The van der Waals surface area contributed by atoms with E-state index in [1.165, 1.54) is 28.8 Å². The Labute approximate surface area is 322 Å². The van der Waals surface area contributed by atoms with Crippen molar-refractivity contribution >= 4 is 49.5 Å². The summed E-state index contributed by atoms with van der Waals surface area (Å²) in [7, 11) is 4.07. The smallest absolute Gasteiger partial charge is 0.235 e. The highest BCUT2D eigenvalue weighted by Crippen LogP contribution is 2.39. The van der Waals surface area contributed by atoms with E-state index >= 15 is 8.78 Å². The van der Waals surface area contributed by atoms with Gasteiger partial charge in [0.2, 0.25) is 10.4 Å². The lowest BCUT2D eigenvalue weighted by molar-refractivity contribution is 0.312. The van der Waals surface area contributed by atoms with Crippen LogP contribution < -0.4 is 20.7 Å². The number of likely N-dealkylation sites (N-methyl/N-ethyl adjacent to an activating group) is 2. The first-order valence-electron chi connectivity index (χ1n) is 18.7. The number of pyridine rings is 2. The van der Waals surface area contributed by atoms with Crippen LogP contribution in [0.5, 0.6) is 0 Å². The Kier molecular flexibility index (Phi) is 8.27. The van der Waals surface area contributed by atoms with Crippen LogP contribution in [0.3, 0.4) is 0 Å². The van der Waals surface area contributed by atoms with Gasteiger partial charge < -0.3 is 28.7 Å². The Hall–Kier alpha value is -5.58. The third-order valence-corrected chi connectivity index (χ3v) is 12.3. The van der Waals surface area contributed by atoms with Gasteiger partial charge in [-0.15, -0.1) is 10.2 Å². The number of fused-ring (bicyclic) bond motifs is 3. The topological polar surface area (TPSA) is 100 Å². The van der Waals surface area contributed by atoms with Crippen molar-refractivity contribution in [3.63, 3.8) is 0 Å². The minimum absolute atomic E-state index is 0.133. The summed E-state index contributed by atoms with van der Waals surface area (Å²) in [4.78, 5) is 37.2. The van der Waals surface area contributed by atoms with Crippen LogP contribution >= 0.6 is 11.3 Å². The molecule has 0 bridgehead atoms. The van der Waals surface area contributed by atoms with E-state index in [9.17, 15) is 14.0 Å². The van der Waals surface area contributed by atoms with Crippen molar-refractivity contribution in [2.24, 2.45) is 0 Å². The quantitative estimate of drug-likeness (QED) is 0.220. The second kappa shape index (κ2) is 13.3. The highest BCUT2D eigenvalue weighted by Gasteiger charge is 2.30. The number of aromatic nitrogens is 6. The molecule has 0 unspecified atom stereocenters. The first-order valence-corrected chi connectivity index (χ1v) is 19.6. The molecule has 0 N–H and O–H groups in total. The van der Waals surface area contributed by atoms with Crippen molar-refractivity contribution in [1.82, 2.24) is 38.7 Å². The predicted octanol–water partition coefficient (Wildman–Crippen LogP) is 5.39. The average Bonchev–Trinajstić information content (AvgIpc) is 3.84. The van der Waals surface area contributed by atoms with Crippen LogP contribution in [-0.4, -0.2) is 105 Å². The van der Waals surface area contributed by atoms with Crippen LogP contribution in [0.4, 0.5) is 24.5 Å². The fourth-order valence-corrected chi connectivity index (χ4v) is 8.79. The van der Waals surface area contributed by atoms with Gasteiger partial charge in [0.05, 0.1) is 33.5 Å². The number of hydrogen-bond acceptors (Lipinski definition) is 10. The maximum atomic E-state index is 15.9. The molecule has 0 atom stereocenters. The maximum Gasteiger partial charge on any atom is 0.235 e. The molecule has 0 spiro atoms. The molecule has 10 rings (SSSR count). The lowest BCUT2D eigenvalue weighted by Gasteiger charge is -2.34. The minimum Gasteiger partial charge on any atom is -0.367 e. The van der Waals surface area contributed by atoms with Crippen molar-refractivity contribution in [2.45, 2.75) is 18.9 Å². The largest absolute Gasteiger partial charge is 0.367 e. The normalized spacial score (nSPS) is 17.2. The summed E-state index contributed by atoms with van der Waals surface area (Å²) in [6.45, 7) is 5.81. The first kappa shape index (κ1) is 34.9. The second-order valence-corrected chi connectivity index (χ2v) is 16.0. The van der Waals surface area contributed by atoms with Crippen molar-refractivity contribution in [1.29, 1.82) is 0 Å². The van der Waals surface area contributed by atoms with Crippen LogP contribution in [0.2, 0.25) is 0 Å². The zero-order chi connectivity index (χ0) is 38.4. The van der Waals surface area contributed by atoms with Gasteiger partial charge in [-0.2, -0.15) is 9.61 Å². The van der Waals surface area contributed by atoms with E-state index in [0.717, 1.165) is 50.4 Å². The molecule has 286 valence electrons. The SMILES string of the molecule is CN1CCN(c2cc3c(cc2F)c(=O)c(-c2nn4c(-c5cn(C6CC6)c6cc(N7CCN(C)CC7)c(F)cc6c5=O)nnc4s2)cn3-c2ccc(F)cc2)CC1. The lowest BCUT2D eigenvalue weighted by atomic mass is 10.1. The molecule has 1 saturated carbocycles. The Balaban J connectivity index is 1.10. The van der Waals surface area contributed by atoms with Gasteiger partial charge >= 0.3 is 0 Å². The molecule has 1 aliphatic carbocycles. The summed E-state index contributed by atoms with van der Waals surface area (Å²) in [5.74, 6) is -1.23. The maximum absolute atomic E-state index is 15.9. The van der Waals surface area contributed by atoms with E-state index in [0.29, 0.717) is 59.2 Å². The number of anilines is 2. The van der Waals surface area contributed by atoms with Gasteiger partial charge in [0.1, 0.15) is 17.5 Å². The van der Waals surface area contributed by atoms with Gasteiger partial charge in [-0.05, 0) is 75.5 Å². The van der Waals surface area contributed by atoms with Gasteiger partial charge in [-0.1, -0.05) is 11.3 Å². The zero-order valence-corrected chi connectivity index (χ0v) is 31.6. The lowest BCUT2D eigenvalue weighted by Crippen LogP contribution is -2.44. The van der Waals surface area contributed by atoms with Crippen LogP contribution in [0.15, 0.2) is 70.5 Å². The molecule has 3 aliphatic rings. The highest BCUT2D eigenvalue weighted by molar-refractivity contribution is 7.19. The van der Waals surface area contributed by atoms with Gasteiger partial charge in [0, 0.05) is 87.3 Å². The number of rotatable bonds is 6. The average molecular weight is 779 g/mol. The standard InChI is InChI=1S/C40H37F3N10O2S/c1-47-9-13-49(14-10-47)34-19-32-26(17-30(34)42)36(54)28(21-51(32)25-7-8-25)38-44-45-40-53(38)46-39(56-40)29-22-52(24-5-3-23(41)4-6-24)33-20-35(31(43)18-27(33)37(29)55)50-15-11-48(2)12-16-50/h3-6,17-22,25H,7-16H2,1-2H3. The molecule has 2 saturated heterocycles. The molecule has 3 aromatic carbocycles. The van der Waals surface area contributed by atoms with E-state index in [1.54, 1.807) is 41.2 Å². The summed E-state index contributed by atoms with van der Waals surface area (Å²) < 4.78 is 51.0. The molecule has 56 heavy (non-hydrogen) atoms. The van der Waals surface area contributed by atoms with Crippen LogP contribution in [0, 0.1) is 17.5 Å². The van der Waals surface area contributed by atoms with Gasteiger partial charge in [-0.25, -0.2) is 13.2 Å². The number of nitrogens with zero attached hydrogens (tertiary/aromatic N) is 10. The number of hydrogen-bond donors (Lipinski definition) is 0. The summed E-state index contributed by atoms with van der Waals surface area (Å²) in [5.41, 5.74) is 2.10. The molecule has 12 nitrogen and oxygen atoms in total. The van der Waals surface area contributed by atoms with E-state index in [2.05, 4.69) is 20.0 Å². The zero-order valence-electron chi connectivity index (χ0n) is 30.8. The summed E-state index contributed by atoms with van der Waals surface area (Å²) >= 11 is 1.10. The monoisotopic (exact) mass is 778 g/mol. The predicted molar refractivity (Wildman–Crippen MR) is 212 cm³/mol. The number of halogens is 3. The Morgan fingerprint density at radius 2 is 1.25 bits per heavy atom. The van der Waals surface area contributed by atoms with Crippen molar-refractivity contribution < 1.29 is 13.2 Å². The van der Waals surface area contributed by atoms with E-state index in [1.807, 2.05) is 28.5 Å². The Morgan fingerprint density at radius 1 is 0.679 bits per heavy atom. The van der Waals surface area contributed by atoms with Crippen molar-refractivity contribution in [3.8, 4) is 27.6 Å². The Morgan fingerprint density at radius 3 is 1.86 bits per heavy atom. The van der Waals surface area contributed by atoms with Crippen LogP contribution in [-0.2, 0) is 0 Å². The third-order valence-electron chi connectivity index (χ3n) is 11.4. The molecule has 4 aromatic heterocycles. The van der Waals surface area contributed by atoms with Crippen LogP contribution in [0.25, 0.3) is 54.4 Å². The van der Waals surface area contributed by atoms with Crippen molar-refractivity contribution in [3.05, 3.63) is 98.8 Å². The molecular weight excluding hydrogens is 742 g/mol. The van der Waals surface area contributed by atoms with E-state index in [-0.39, 0.29) is 38.8 Å². The number of benzene rings is 3. The summed E-state index contributed by atoms with van der Waals surface area (Å²) in [5, 5.41) is 14.1. The molecule has 16 heteroatoms. The molecule has 2 aliphatic heterocycles. The van der Waals surface area contributed by atoms with E-state index in [4.69, 9.17) is 5.10 Å². The molecule has 3 fully saturated rings. The number of piperazine rings is 2. The molecule has 7 aromatic rings. The minimum atomic E-state index is -0.516. The third kappa shape index (κ3) is 5.85. The van der Waals surface area contributed by atoms with Crippen LogP contribution in [0.1, 0.15) is 18.9 Å². The van der Waals surface area contributed by atoms with E-state index < -0.39 is 28.3 Å².